The number of carbonyl (C=O) groups is 3. The molecule has 0 spiro atoms. The smallest absolute Gasteiger partial charge is 0.419 e. The molecule has 1 aromatic heterocycles. The van der Waals surface area contributed by atoms with Crippen LogP contribution >= 0.6 is 0 Å². The number of aromatic hydroxyl groups is 1. The molecule has 0 bridgehead atoms. The summed E-state index contributed by atoms with van der Waals surface area (Å²) in [6, 6.07) is 13.1. The lowest BCUT2D eigenvalue weighted by Gasteiger charge is -2.24. The van der Waals surface area contributed by atoms with Gasteiger partial charge in [0.2, 0.25) is 5.91 Å². The van der Waals surface area contributed by atoms with Crippen LogP contribution in [0.3, 0.4) is 0 Å². The first-order valence-electron chi connectivity index (χ1n) is 11.1. The van der Waals surface area contributed by atoms with Gasteiger partial charge in [-0.2, -0.15) is 0 Å². The van der Waals surface area contributed by atoms with Crippen molar-refractivity contribution in [3.8, 4) is 5.75 Å². The molecule has 1 amide bonds. The maximum atomic E-state index is 13.0. The Hall–Kier alpha value is -3.87. The highest BCUT2D eigenvalue weighted by Crippen LogP contribution is 2.24. The molecule has 0 aliphatic rings. The van der Waals surface area contributed by atoms with Crippen LogP contribution in [0.1, 0.15) is 50.5 Å². The molecule has 0 saturated heterocycles. The first-order valence-corrected chi connectivity index (χ1v) is 11.1. The third kappa shape index (κ3) is 5.92. The summed E-state index contributed by atoms with van der Waals surface area (Å²) in [4.78, 5) is 39.8. The second kappa shape index (κ2) is 9.95. The van der Waals surface area contributed by atoms with Crippen LogP contribution in [0.25, 0.3) is 17.0 Å². The van der Waals surface area contributed by atoms with Crippen molar-refractivity contribution >= 4 is 34.8 Å². The number of ether oxygens (including phenoxy) is 1. The number of Topliss-reactive ketones (excluding diaryl/α,β-unsaturated/α-hetero) is 1. The van der Waals surface area contributed by atoms with Gasteiger partial charge in [-0.05, 0) is 71.0 Å². The third-order valence-electron chi connectivity index (χ3n) is 5.15. The number of hydrogen-bond acceptors (Lipinski definition) is 5. The number of ketones is 1. The fraction of sp³-hybridized carbons (Fsp3) is 0.296. The molecule has 2 aromatic carbocycles. The quantitative estimate of drug-likeness (QED) is 0.399. The standard InChI is InChI=1S/C27H30N2O5/c1-18(2)28(17-24(31)19-10-13-21(30)14-11-19)25(32)15-12-20-16-29(26(33)34-27(3,4)5)23-9-7-6-8-22(20)23/h6-16,18,30H,17H2,1-5H3/b15-12+. The lowest BCUT2D eigenvalue weighted by molar-refractivity contribution is -0.127. The fourth-order valence-corrected chi connectivity index (χ4v) is 3.47. The highest BCUT2D eigenvalue weighted by Gasteiger charge is 2.21. The van der Waals surface area contributed by atoms with Gasteiger partial charge in [0.25, 0.3) is 0 Å². The molecule has 3 rings (SSSR count). The molecule has 0 aliphatic carbocycles. The Morgan fingerprint density at radius 3 is 2.32 bits per heavy atom. The van der Waals surface area contributed by atoms with Crippen LogP contribution in [0, 0.1) is 0 Å². The van der Waals surface area contributed by atoms with Crippen LogP contribution in [0.15, 0.2) is 60.8 Å². The summed E-state index contributed by atoms with van der Waals surface area (Å²) in [5.41, 5.74) is 1.13. The molecule has 178 valence electrons. The molecular formula is C27H30N2O5. The van der Waals surface area contributed by atoms with Gasteiger partial charge >= 0.3 is 6.09 Å². The highest BCUT2D eigenvalue weighted by atomic mass is 16.6. The van der Waals surface area contributed by atoms with Gasteiger partial charge in [-0.1, -0.05) is 18.2 Å². The van der Waals surface area contributed by atoms with Crippen LogP contribution < -0.4 is 0 Å². The van der Waals surface area contributed by atoms with E-state index in [1.54, 1.807) is 33.0 Å². The molecule has 34 heavy (non-hydrogen) atoms. The van der Waals surface area contributed by atoms with Gasteiger partial charge in [-0.25, -0.2) is 4.79 Å². The second-order valence-corrected chi connectivity index (χ2v) is 9.32. The van der Waals surface area contributed by atoms with Crippen LogP contribution in [-0.2, 0) is 9.53 Å². The molecule has 1 heterocycles. The number of hydrogen-bond donors (Lipinski definition) is 1. The molecule has 7 nitrogen and oxygen atoms in total. The van der Waals surface area contributed by atoms with Crippen molar-refractivity contribution < 1.29 is 24.2 Å². The molecule has 0 radical (unpaired) electrons. The van der Waals surface area contributed by atoms with E-state index in [-0.39, 0.29) is 30.0 Å². The number of phenols is 1. The Bertz CT molecular complexity index is 1230. The van der Waals surface area contributed by atoms with E-state index in [9.17, 15) is 19.5 Å². The van der Waals surface area contributed by atoms with E-state index in [0.717, 1.165) is 5.39 Å². The van der Waals surface area contributed by atoms with E-state index < -0.39 is 11.7 Å². The normalized spacial score (nSPS) is 11.8. The van der Waals surface area contributed by atoms with Crippen molar-refractivity contribution in [2.24, 2.45) is 0 Å². The highest BCUT2D eigenvalue weighted by molar-refractivity contribution is 6.03. The lowest BCUT2D eigenvalue weighted by Crippen LogP contribution is -2.39. The first-order chi connectivity index (χ1) is 16.0. The number of benzene rings is 2. The Kier molecular flexibility index (Phi) is 7.25. The maximum absolute atomic E-state index is 13.0. The summed E-state index contributed by atoms with van der Waals surface area (Å²) in [6.45, 7) is 8.99. The van der Waals surface area contributed by atoms with Crippen molar-refractivity contribution in [2.45, 2.75) is 46.3 Å². The number of rotatable bonds is 6. The minimum Gasteiger partial charge on any atom is -0.508 e. The van der Waals surface area contributed by atoms with E-state index in [1.807, 2.05) is 38.1 Å². The number of phenolic OH excluding ortho intramolecular Hbond substituents is 1. The van der Waals surface area contributed by atoms with Gasteiger partial charge in [0.15, 0.2) is 5.78 Å². The SMILES string of the molecule is CC(C)N(CC(=O)c1ccc(O)cc1)C(=O)/C=C/c1cn(C(=O)OC(C)(C)C)c2ccccc12. The predicted molar refractivity (Wildman–Crippen MR) is 132 cm³/mol. The van der Waals surface area contributed by atoms with Gasteiger partial charge in [0, 0.05) is 34.8 Å². The molecule has 0 atom stereocenters. The minimum atomic E-state index is -0.643. The number of aromatic nitrogens is 1. The van der Waals surface area contributed by atoms with Crippen molar-refractivity contribution in [3.63, 3.8) is 0 Å². The number of carbonyl (C=O) groups excluding carboxylic acids is 3. The molecule has 7 heteroatoms. The molecule has 1 N–H and O–H groups in total. The Labute approximate surface area is 199 Å². The van der Waals surface area contributed by atoms with Crippen molar-refractivity contribution in [1.29, 1.82) is 0 Å². The Morgan fingerprint density at radius 1 is 1.06 bits per heavy atom. The largest absolute Gasteiger partial charge is 0.508 e. The summed E-state index contributed by atoms with van der Waals surface area (Å²) in [5.74, 6) is -0.477. The molecule has 0 saturated carbocycles. The van der Waals surface area contributed by atoms with E-state index >= 15 is 0 Å². The van der Waals surface area contributed by atoms with Crippen LogP contribution in [-0.4, -0.2) is 50.5 Å². The van der Waals surface area contributed by atoms with Gasteiger partial charge in [0.05, 0.1) is 12.1 Å². The van der Waals surface area contributed by atoms with Gasteiger partial charge in [-0.15, -0.1) is 0 Å². The van der Waals surface area contributed by atoms with Crippen LogP contribution in [0.5, 0.6) is 5.75 Å². The van der Waals surface area contributed by atoms with E-state index in [2.05, 4.69) is 0 Å². The van der Waals surface area contributed by atoms with Crippen LogP contribution in [0.2, 0.25) is 0 Å². The van der Waals surface area contributed by atoms with E-state index in [4.69, 9.17) is 4.74 Å². The zero-order valence-corrected chi connectivity index (χ0v) is 20.1. The molecule has 0 aliphatic heterocycles. The first kappa shape index (κ1) is 24.8. The van der Waals surface area contributed by atoms with Gasteiger partial charge < -0.3 is 14.7 Å². The maximum Gasteiger partial charge on any atom is 0.419 e. The number of amides is 1. The predicted octanol–water partition coefficient (Wildman–Crippen LogP) is 5.26. The second-order valence-electron chi connectivity index (χ2n) is 9.32. The van der Waals surface area contributed by atoms with Crippen LogP contribution in [0.4, 0.5) is 4.79 Å². The van der Waals surface area contributed by atoms with Crippen molar-refractivity contribution in [2.75, 3.05) is 6.54 Å². The van der Waals surface area contributed by atoms with Crippen molar-refractivity contribution in [3.05, 3.63) is 71.9 Å². The average Bonchev–Trinajstić information content (AvgIpc) is 3.14. The monoisotopic (exact) mass is 462 g/mol. The number of fused-ring (bicyclic) bond motifs is 1. The number of para-hydroxylation sites is 1. The Morgan fingerprint density at radius 2 is 1.71 bits per heavy atom. The zero-order valence-electron chi connectivity index (χ0n) is 20.1. The van der Waals surface area contributed by atoms with Gasteiger partial charge in [0.1, 0.15) is 11.4 Å². The lowest BCUT2D eigenvalue weighted by atomic mass is 10.1. The summed E-state index contributed by atoms with van der Waals surface area (Å²) in [5, 5.41) is 10.2. The molecule has 0 unspecified atom stereocenters. The van der Waals surface area contributed by atoms with E-state index in [0.29, 0.717) is 16.6 Å². The topological polar surface area (TPSA) is 88.8 Å². The molecule has 3 aromatic rings. The fourth-order valence-electron chi connectivity index (χ4n) is 3.47. The summed E-state index contributed by atoms with van der Waals surface area (Å²) >= 11 is 0. The summed E-state index contributed by atoms with van der Waals surface area (Å²) in [6.07, 6.45) is 4.19. The minimum absolute atomic E-state index is 0.0711. The number of nitrogens with zero attached hydrogens (tertiary/aromatic N) is 2. The summed E-state index contributed by atoms with van der Waals surface area (Å²) < 4.78 is 6.94. The summed E-state index contributed by atoms with van der Waals surface area (Å²) in [7, 11) is 0. The van der Waals surface area contributed by atoms with Gasteiger partial charge in [-0.3, -0.25) is 14.2 Å². The zero-order chi connectivity index (χ0) is 25.0. The van der Waals surface area contributed by atoms with E-state index in [1.165, 1.54) is 39.8 Å². The Balaban J connectivity index is 1.84. The third-order valence-corrected chi connectivity index (χ3v) is 5.15. The molecular weight excluding hydrogens is 432 g/mol. The molecule has 0 fully saturated rings. The van der Waals surface area contributed by atoms with Crippen molar-refractivity contribution in [1.82, 2.24) is 9.47 Å². The average molecular weight is 463 g/mol.